The van der Waals surface area contributed by atoms with Crippen LogP contribution in [0.15, 0.2) is 34.5 Å². The summed E-state index contributed by atoms with van der Waals surface area (Å²) in [5.41, 5.74) is 4.89. The first-order valence-corrected chi connectivity index (χ1v) is 10.7. The molecule has 0 spiro atoms. The maximum atomic E-state index is 12.3. The summed E-state index contributed by atoms with van der Waals surface area (Å²) in [6, 6.07) is 4.58. The predicted octanol–water partition coefficient (Wildman–Crippen LogP) is 0.257. The van der Waals surface area contributed by atoms with E-state index in [1.165, 1.54) is 24.6 Å². The van der Waals surface area contributed by atoms with Crippen molar-refractivity contribution >= 4 is 55.5 Å². The van der Waals surface area contributed by atoms with Crippen molar-refractivity contribution in [3.63, 3.8) is 0 Å². The van der Waals surface area contributed by atoms with Gasteiger partial charge in [0.15, 0.2) is 6.61 Å². The molecular weight excluding hydrogens is 454 g/mol. The second-order valence-corrected chi connectivity index (χ2v) is 8.43. The molecule has 0 radical (unpaired) electrons. The zero-order valence-corrected chi connectivity index (χ0v) is 17.5. The van der Waals surface area contributed by atoms with Gasteiger partial charge in [0.1, 0.15) is 17.2 Å². The minimum absolute atomic E-state index is 0.0934. The van der Waals surface area contributed by atoms with E-state index >= 15 is 0 Å². The van der Waals surface area contributed by atoms with Crippen molar-refractivity contribution in [2.45, 2.75) is 4.90 Å². The van der Waals surface area contributed by atoms with Gasteiger partial charge in [-0.15, -0.1) is 11.3 Å². The van der Waals surface area contributed by atoms with Gasteiger partial charge < -0.3 is 21.1 Å². The highest BCUT2D eigenvalue weighted by Crippen LogP contribution is 2.27. The summed E-state index contributed by atoms with van der Waals surface area (Å²) >= 11 is 1.04. The first-order chi connectivity index (χ1) is 14.5. The number of nitro groups is 1. The van der Waals surface area contributed by atoms with Crippen LogP contribution in [0.25, 0.3) is 0 Å². The van der Waals surface area contributed by atoms with Crippen LogP contribution in [0.4, 0.5) is 16.4 Å². The number of benzene rings is 1. The maximum Gasteiger partial charge on any atom is 0.321 e. The molecule has 31 heavy (non-hydrogen) atoms. The number of rotatable bonds is 10. The van der Waals surface area contributed by atoms with E-state index in [-0.39, 0.29) is 16.3 Å². The van der Waals surface area contributed by atoms with Gasteiger partial charge in [0.05, 0.1) is 15.4 Å². The minimum Gasteiger partial charge on any atom is -0.455 e. The Balaban J connectivity index is 1.92. The van der Waals surface area contributed by atoms with E-state index in [2.05, 4.69) is 15.4 Å². The summed E-state index contributed by atoms with van der Waals surface area (Å²) < 4.78 is 31.2. The topological polar surface area (TPSA) is 200 Å². The number of nitrogens with two attached hydrogens (primary N) is 1. The lowest BCUT2D eigenvalue weighted by molar-refractivity contribution is -0.384. The number of amides is 2. The Hall–Kier alpha value is -3.56. The van der Waals surface area contributed by atoms with Crippen LogP contribution >= 0.6 is 11.3 Å². The SMILES string of the molecule is CNc1ccc(S(=O)(=O)NCC(=O)OCC(=O)Nc2sccc2C(N)=O)cc1[N+](=O)[O-]. The standard InChI is InChI=1S/C16H17N5O8S2/c1-18-11-3-2-9(6-12(11)21(25)26)31(27,28)19-7-14(23)29-8-13(22)20-16-10(15(17)24)4-5-30-16/h2-6,18-19H,7-8H2,1H3,(H2,17,24)(H,20,22). The molecule has 2 aromatic rings. The predicted molar refractivity (Wildman–Crippen MR) is 110 cm³/mol. The minimum atomic E-state index is -4.26. The average Bonchev–Trinajstić information content (AvgIpc) is 3.18. The van der Waals surface area contributed by atoms with E-state index in [1.54, 1.807) is 0 Å². The van der Waals surface area contributed by atoms with Crippen LogP contribution in [-0.4, -0.2) is 51.3 Å². The molecule has 0 aliphatic rings. The molecule has 0 bridgehead atoms. The normalized spacial score (nSPS) is 10.9. The van der Waals surface area contributed by atoms with Crippen LogP contribution in [0.3, 0.4) is 0 Å². The smallest absolute Gasteiger partial charge is 0.321 e. The molecule has 2 rings (SSSR count). The summed E-state index contributed by atoms with van der Waals surface area (Å²) in [7, 11) is -2.83. The fourth-order valence-electron chi connectivity index (χ4n) is 2.24. The molecule has 0 fully saturated rings. The number of thiophene rings is 1. The van der Waals surface area contributed by atoms with E-state index in [1.807, 2.05) is 4.72 Å². The number of carbonyl (C=O) groups excluding carboxylic acids is 3. The van der Waals surface area contributed by atoms with Gasteiger partial charge in [-0.3, -0.25) is 24.5 Å². The number of nitro benzene ring substituents is 1. The molecule has 0 atom stereocenters. The highest BCUT2D eigenvalue weighted by Gasteiger charge is 2.22. The zero-order valence-electron chi connectivity index (χ0n) is 15.9. The average molecular weight is 471 g/mol. The van der Waals surface area contributed by atoms with Crippen LogP contribution in [0.5, 0.6) is 0 Å². The first kappa shape index (κ1) is 23.7. The van der Waals surface area contributed by atoms with Gasteiger partial charge in [0.25, 0.3) is 17.5 Å². The summed E-state index contributed by atoms with van der Waals surface area (Å²) in [4.78, 5) is 44.7. The molecule has 0 unspecified atom stereocenters. The fraction of sp³-hybridized carbons (Fsp3) is 0.188. The molecule has 15 heteroatoms. The van der Waals surface area contributed by atoms with Crippen LogP contribution in [-0.2, 0) is 24.3 Å². The number of primary amides is 1. The molecule has 1 aromatic heterocycles. The lowest BCUT2D eigenvalue weighted by atomic mass is 10.3. The molecule has 2 amide bonds. The number of ether oxygens (including phenoxy) is 1. The third kappa shape index (κ3) is 6.21. The summed E-state index contributed by atoms with van der Waals surface area (Å²) in [5.74, 6) is -2.58. The van der Waals surface area contributed by atoms with Crippen molar-refractivity contribution in [3.05, 3.63) is 45.3 Å². The number of sulfonamides is 1. The lowest BCUT2D eigenvalue weighted by Gasteiger charge is -2.09. The molecule has 0 aliphatic heterocycles. The first-order valence-electron chi connectivity index (χ1n) is 8.33. The van der Waals surface area contributed by atoms with Gasteiger partial charge in [0.2, 0.25) is 10.0 Å². The van der Waals surface area contributed by atoms with Gasteiger partial charge in [-0.2, -0.15) is 4.72 Å². The highest BCUT2D eigenvalue weighted by atomic mass is 32.2. The van der Waals surface area contributed by atoms with Crippen molar-refractivity contribution in [2.24, 2.45) is 5.73 Å². The van der Waals surface area contributed by atoms with E-state index < -0.39 is 56.5 Å². The van der Waals surface area contributed by atoms with E-state index in [0.717, 1.165) is 23.5 Å². The van der Waals surface area contributed by atoms with E-state index in [4.69, 9.17) is 5.73 Å². The lowest BCUT2D eigenvalue weighted by Crippen LogP contribution is -2.32. The van der Waals surface area contributed by atoms with Crippen molar-refractivity contribution in [1.82, 2.24) is 4.72 Å². The highest BCUT2D eigenvalue weighted by molar-refractivity contribution is 7.89. The van der Waals surface area contributed by atoms with Crippen LogP contribution in [0, 0.1) is 10.1 Å². The second kappa shape index (κ2) is 9.96. The van der Waals surface area contributed by atoms with Gasteiger partial charge in [0, 0.05) is 13.1 Å². The summed E-state index contributed by atoms with van der Waals surface area (Å²) in [6.07, 6.45) is 0. The number of hydrogen-bond donors (Lipinski definition) is 4. The molecule has 0 aliphatic carbocycles. The number of hydrogen-bond acceptors (Lipinski definition) is 10. The third-order valence-electron chi connectivity index (χ3n) is 3.70. The number of anilines is 2. The van der Waals surface area contributed by atoms with Crippen molar-refractivity contribution in [2.75, 3.05) is 30.8 Å². The summed E-state index contributed by atoms with van der Waals surface area (Å²) in [5, 5.41) is 17.7. The molecule has 0 saturated heterocycles. The van der Waals surface area contributed by atoms with Crippen LogP contribution in [0.2, 0.25) is 0 Å². The number of nitrogens with zero attached hydrogens (tertiary/aromatic N) is 1. The molecular formula is C16H17N5O8S2. The largest absolute Gasteiger partial charge is 0.455 e. The van der Waals surface area contributed by atoms with Gasteiger partial charge in [-0.25, -0.2) is 8.42 Å². The monoisotopic (exact) mass is 471 g/mol. The molecule has 0 saturated carbocycles. The van der Waals surface area contributed by atoms with Gasteiger partial charge in [-0.1, -0.05) is 0 Å². The van der Waals surface area contributed by atoms with E-state index in [0.29, 0.717) is 0 Å². The Morgan fingerprint density at radius 1 is 1.26 bits per heavy atom. The van der Waals surface area contributed by atoms with Crippen LogP contribution in [0.1, 0.15) is 10.4 Å². The molecule has 1 aromatic carbocycles. The second-order valence-electron chi connectivity index (χ2n) is 5.75. The number of carbonyl (C=O) groups is 3. The quantitative estimate of drug-likeness (QED) is 0.213. The van der Waals surface area contributed by atoms with Crippen molar-refractivity contribution in [1.29, 1.82) is 0 Å². The third-order valence-corrected chi connectivity index (χ3v) is 5.93. The molecule has 13 nitrogen and oxygen atoms in total. The van der Waals surface area contributed by atoms with Crippen molar-refractivity contribution < 1.29 is 32.5 Å². The Labute approximate surface area is 179 Å². The zero-order chi connectivity index (χ0) is 23.2. The van der Waals surface area contributed by atoms with Gasteiger partial charge in [-0.05, 0) is 23.6 Å². The summed E-state index contributed by atoms with van der Waals surface area (Å²) in [6.45, 7) is -1.55. The molecule has 5 N–H and O–H groups in total. The maximum absolute atomic E-state index is 12.3. The van der Waals surface area contributed by atoms with Crippen LogP contribution < -0.4 is 21.1 Å². The Bertz CT molecular complexity index is 1130. The Morgan fingerprint density at radius 3 is 2.58 bits per heavy atom. The van der Waals surface area contributed by atoms with Gasteiger partial charge >= 0.3 is 5.97 Å². The number of esters is 1. The Kier molecular flexibility index (Phi) is 7.62. The molecule has 166 valence electrons. The Morgan fingerprint density at radius 2 is 1.97 bits per heavy atom. The number of nitrogens with one attached hydrogen (secondary N) is 3. The van der Waals surface area contributed by atoms with Crippen molar-refractivity contribution in [3.8, 4) is 0 Å². The van der Waals surface area contributed by atoms with E-state index in [9.17, 15) is 32.9 Å². The molecule has 1 heterocycles. The fourth-order valence-corrected chi connectivity index (χ4v) is 4.04.